The van der Waals surface area contributed by atoms with E-state index in [9.17, 15) is 9.59 Å². The fourth-order valence-electron chi connectivity index (χ4n) is 2.07. The summed E-state index contributed by atoms with van der Waals surface area (Å²) in [5, 5.41) is 6.22. The van der Waals surface area contributed by atoms with E-state index in [-0.39, 0.29) is 17.9 Å². The molecule has 2 aromatic rings. The molecular formula is C17H15ClN2O2. The van der Waals surface area contributed by atoms with E-state index >= 15 is 0 Å². The van der Waals surface area contributed by atoms with Crippen LogP contribution in [0.2, 0.25) is 5.02 Å². The number of hydrogen-bond donors (Lipinski definition) is 2. The molecule has 2 N–H and O–H groups in total. The van der Waals surface area contributed by atoms with Gasteiger partial charge in [0.25, 0.3) is 11.8 Å². The molecule has 0 aliphatic heterocycles. The summed E-state index contributed by atoms with van der Waals surface area (Å²) in [6, 6.07) is 13.9. The molecule has 0 heterocycles. The van der Waals surface area contributed by atoms with E-state index in [0.717, 1.165) is 12.8 Å². The number of hydrogen-bond acceptors (Lipinski definition) is 2. The average Bonchev–Trinajstić information content (AvgIpc) is 3.31. The average molecular weight is 315 g/mol. The van der Waals surface area contributed by atoms with Gasteiger partial charge in [-0.3, -0.25) is 9.59 Å². The summed E-state index contributed by atoms with van der Waals surface area (Å²) in [4.78, 5) is 24.3. The minimum absolute atomic E-state index is 0.139. The van der Waals surface area contributed by atoms with Crippen molar-refractivity contribution in [3.8, 4) is 0 Å². The number of nitrogens with one attached hydrogen (secondary N) is 2. The minimum atomic E-state index is -0.275. The number of rotatable bonds is 4. The Morgan fingerprint density at radius 1 is 0.955 bits per heavy atom. The summed E-state index contributed by atoms with van der Waals surface area (Å²) in [6.07, 6.45) is 2.06. The first-order valence-corrected chi connectivity index (χ1v) is 7.47. The quantitative estimate of drug-likeness (QED) is 0.907. The fourth-order valence-corrected chi connectivity index (χ4v) is 2.26. The second-order valence-electron chi connectivity index (χ2n) is 5.29. The third-order valence-corrected chi connectivity index (χ3v) is 3.62. The van der Waals surface area contributed by atoms with Crippen LogP contribution in [0.4, 0.5) is 5.69 Å². The highest BCUT2D eigenvalue weighted by atomic mass is 35.5. The summed E-state index contributed by atoms with van der Waals surface area (Å²) in [5.74, 6) is -0.414. The lowest BCUT2D eigenvalue weighted by atomic mass is 10.1. The topological polar surface area (TPSA) is 58.2 Å². The van der Waals surface area contributed by atoms with Gasteiger partial charge >= 0.3 is 0 Å². The summed E-state index contributed by atoms with van der Waals surface area (Å²) in [7, 11) is 0. The third-order valence-electron chi connectivity index (χ3n) is 3.38. The third kappa shape index (κ3) is 3.65. The zero-order chi connectivity index (χ0) is 15.5. The van der Waals surface area contributed by atoms with Gasteiger partial charge in [0.05, 0.1) is 0 Å². The largest absolute Gasteiger partial charge is 0.349 e. The van der Waals surface area contributed by atoms with Crippen molar-refractivity contribution < 1.29 is 9.59 Å². The molecule has 0 bridgehead atoms. The van der Waals surface area contributed by atoms with Crippen LogP contribution in [0.1, 0.15) is 33.6 Å². The van der Waals surface area contributed by atoms with E-state index in [1.165, 1.54) is 0 Å². The van der Waals surface area contributed by atoms with Crippen molar-refractivity contribution in [3.05, 3.63) is 64.7 Å². The van der Waals surface area contributed by atoms with Crippen LogP contribution >= 0.6 is 11.6 Å². The van der Waals surface area contributed by atoms with Gasteiger partial charge in [-0.1, -0.05) is 23.7 Å². The van der Waals surface area contributed by atoms with E-state index in [1.807, 2.05) is 0 Å². The zero-order valence-corrected chi connectivity index (χ0v) is 12.6. The molecule has 0 aromatic heterocycles. The van der Waals surface area contributed by atoms with Gasteiger partial charge < -0.3 is 10.6 Å². The van der Waals surface area contributed by atoms with Crippen molar-refractivity contribution in [2.75, 3.05) is 5.32 Å². The van der Waals surface area contributed by atoms with E-state index in [1.54, 1.807) is 48.5 Å². The molecule has 1 aliphatic carbocycles. The van der Waals surface area contributed by atoms with Gasteiger partial charge in [0.15, 0.2) is 0 Å². The molecule has 5 heteroatoms. The number of benzene rings is 2. The van der Waals surface area contributed by atoms with Gasteiger partial charge in [-0.25, -0.2) is 0 Å². The number of halogens is 1. The van der Waals surface area contributed by atoms with Gasteiger partial charge in [-0.15, -0.1) is 0 Å². The van der Waals surface area contributed by atoms with Crippen LogP contribution in [0.15, 0.2) is 48.5 Å². The maximum absolute atomic E-state index is 12.2. The van der Waals surface area contributed by atoms with Crippen molar-refractivity contribution in [2.24, 2.45) is 0 Å². The molecule has 1 fully saturated rings. The van der Waals surface area contributed by atoms with Gasteiger partial charge in [0.2, 0.25) is 0 Å². The smallest absolute Gasteiger partial charge is 0.255 e. The molecular weight excluding hydrogens is 300 g/mol. The first-order chi connectivity index (χ1) is 10.6. The van der Waals surface area contributed by atoms with E-state index < -0.39 is 0 Å². The summed E-state index contributed by atoms with van der Waals surface area (Å²) >= 11 is 5.89. The predicted molar refractivity (Wildman–Crippen MR) is 86.3 cm³/mol. The number of amides is 2. The molecule has 112 valence electrons. The molecule has 2 amide bonds. The first kappa shape index (κ1) is 14.6. The van der Waals surface area contributed by atoms with Crippen LogP contribution < -0.4 is 10.6 Å². The molecule has 2 aromatic carbocycles. The molecule has 0 unspecified atom stereocenters. The lowest BCUT2D eigenvalue weighted by Crippen LogP contribution is -2.25. The highest BCUT2D eigenvalue weighted by Gasteiger charge is 2.24. The molecule has 0 radical (unpaired) electrons. The Morgan fingerprint density at radius 2 is 1.64 bits per heavy atom. The molecule has 1 aliphatic rings. The van der Waals surface area contributed by atoms with E-state index in [0.29, 0.717) is 21.8 Å². The molecule has 1 saturated carbocycles. The molecule has 22 heavy (non-hydrogen) atoms. The first-order valence-electron chi connectivity index (χ1n) is 7.10. The predicted octanol–water partition coefficient (Wildman–Crippen LogP) is 3.48. The zero-order valence-electron chi connectivity index (χ0n) is 11.8. The van der Waals surface area contributed by atoms with Gasteiger partial charge in [0, 0.05) is 27.9 Å². The monoisotopic (exact) mass is 314 g/mol. The van der Waals surface area contributed by atoms with E-state index in [4.69, 9.17) is 11.6 Å². The second-order valence-corrected chi connectivity index (χ2v) is 5.73. The molecule has 0 saturated heterocycles. The number of anilines is 1. The molecule has 4 nitrogen and oxygen atoms in total. The highest BCUT2D eigenvalue weighted by molar-refractivity contribution is 6.31. The Balaban J connectivity index is 1.73. The molecule has 0 spiro atoms. The van der Waals surface area contributed by atoms with Gasteiger partial charge in [0.1, 0.15) is 0 Å². The number of carbonyl (C=O) groups is 2. The Bertz CT molecular complexity index is 726. The number of carbonyl (C=O) groups excluding carboxylic acids is 2. The Morgan fingerprint density at radius 3 is 2.32 bits per heavy atom. The maximum Gasteiger partial charge on any atom is 0.255 e. The van der Waals surface area contributed by atoms with E-state index in [2.05, 4.69) is 10.6 Å². The summed E-state index contributed by atoms with van der Waals surface area (Å²) in [5.41, 5.74) is 1.54. The Kier molecular flexibility index (Phi) is 4.11. The Labute approximate surface area is 133 Å². The van der Waals surface area contributed by atoms with Crippen LogP contribution in [0.25, 0.3) is 0 Å². The second kappa shape index (κ2) is 6.20. The van der Waals surface area contributed by atoms with Crippen molar-refractivity contribution in [1.82, 2.24) is 5.32 Å². The molecule has 3 rings (SSSR count). The highest BCUT2D eigenvalue weighted by Crippen LogP contribution is 2.20. The normalized spacial score (nSPS) is 13.5. The summed E-state index contributed by atoms with van der Waals surface area (Å²) < 4.78 is 0. The minimum Gasteiger partial charge on any atom is -0.349 e. The van der Waals surface area contributed by atoms with Crippen molar-refractivity contribution in [3.63, 3.8) is 0 Å². The lowest BCUT2D eigenvalue weighted by molar-refractivity contribution is 0.0951. The fraction of sp³-hybridized carbons (Fsp3) is 0.176. The van der Waals surface area contributed by atoms with Crippen LogP contribution in [-0.2, 0) is 0 Å². The van der Waals surface area contributed by atoms with Crippen molar-refractivity contribution in [1.29, 1.82) is 0 Å². The lowest BCUT2D eigenvalue weighted by Gasteiger charge is -2.08. The van der Waals surface area contributed by atoms with Gasteiger partial charge in [-0.05, 0) is 49.2 Å². The van der Waals surface area contributed by atoms with Crippen molar-refractivity contribution >= 4 is 29.1 Å². The van der Waals surface area contributed by atoms with Crippen LogP contribution in [-0.4, -0.2) is 17.9 Å². The van der Waals surface area contributed by atoms with Crippen molar-refractivity contribution in [2.45, 2.75) is 18.9 Å². The standard InChI is InChI=1S/C17H15ClN2O2/c18-13-5-2-6-15(10-13)20-17(22)12-4-1-3-11(9-12)16(21)19-14-7-8-14/h1-6,9-10,14H,7-8H2,(H,19,21)(H,20,22). The maximum atomic E-state index is 12.2. The SMILES string of the molecule is O=C(Nc1cccc(Cl)c1)c1cccc(C(=O)NC2CC2)c1. The van der Waals surface area contributed by atoms with Crippen LogP contribution in [0, 0.1) is 0 Å². The van der Waals surface area contributed by atoms with Crippen LogP contribution in [0.3, 0.4) is 0 Å². The Hall–Kier alpha value is -2.33. The van der Waals surface area contributed by atoms with Crippen LogP contribution in [0.5, 0.6) is 0 Å². The van der Waals surface area contributed by atoms with Gasteiger partial charge in [-0.2, -0.15) is 0 Å². The summed E-state index contributed by atoms with van der Waals surface area (Å²) in [6.45, 7) is 0. The molecule has 0 atom stereocenters.